The molecule has 0 unspecified atom stereocenters. The van der Waals surface area contributed by atoms with Gasteiger partial charge in [0, 0.05) is 16.9 Å². The highest BCUT2D eigenvalue weighted by atomic mass is 15.1. The first-order valence-corrected chi connectivity index (χ1v) is 21.7. The quantitative estimate of drug-likeness (QED) is 0.141. The topological polar surface area (TPSA) is 3.24 Å². The number of nitrogens with zero attached hydrogens (tertiary/aromatic N) is 1. The van der Waals surface area contributed by atoms with Crippen molar-refractivity contribution < 1.29 is 0 Å². The molecular formula is C62H43N. The zero-order valence-electron chi connectivity index (χ0n) is 34.8. The molecule has 11 rings (SSSR count). The summed E-state index contributed by atoms with van der Waals surface area (Å²) in [6.07, 6.45) is 0. The second kappa shape index (κ2) is 16.7. The van der Waals surface area contributed by atoms with Crippen LogP contribution in [0, 0.1) is 0 Å². The molecule has 0 aromatic heterocycles. The Labute approximate surface area is 369 Å². The van der Waals surface area contributed by atoms with E-state index in [4.69, 9.17) is 0 Å². The van der Waals surface area contributed by atoms with Crippen LogP contribution in [0.5, 0.6) is 0 Å². The minimum Gasteiger partial charge on any atom is -0.310 e. The number of hydrogen-bond donors (Lipinski definition) is 0. The van der Waals surface area contributed by atoms with Gasteiger partial charge in [0.1, 0.15) is 0 Å². The van der Waals surface area contributed by atoms with Gasteiger partial charge in [-0.25, -0.2) is 0 Å². The third-order valence-corrected chi connectivity index (χ3v) is 12.3. The summed E-state index contributed by atoms with van der Waals surface area (Å²) in [7, 11) is 0. The number of hydrogen-bond acceptors (Lipinski definition) is 1. The Morgan fingerprint density at radius 3 is 1.52 bits per heavy atom. The van der Waals surface area contributed by atoms with Crippen LogP contribution in [0.2, 0.25) is 0 Å². The van der Waals surface area contributed by atoms with Crippen molar-refractivity contribution in [2.75, 3.05) is 4.90 Å². The molecule has 296 valence electrons. The number of anilines is 3. The van der Waals surface area contributed by atoms with E-state index >= 15 is 0 Å². The molecule has 11 aromatic rings. The molecule has 0 spiro atoms. The summed E-state index contributed by atoms with van der Waals surface area (Å²) in [5, 5.41) is 4.96. The second-order valence-electron chi connectivity index (χ2n) is 16.1. The number of rotatable bonds is 9. The number of fused-ring (bicyclic) bond motifs is 2. The van der Waals surface area contributed by atoms with Crippen LogP contribution in [0.25, 0.3) is 88.3 Å². The Morgan fingerprint density at radius 1 is 0.206 bits per heavy atom. The van der Waals surface area contributed by atoms with Gasteiger partial charge in [-0.15, -0.1) is 0 Å². The van der Waals surface area contributed by atoms with E-state index in [2.05, 4.69) is 266 Å². The fourth-order valence-electron chi connectivity index (χ4n) is 9.18. The maximum Gasteiger partial charge on any atom is 0.0540 e. The molecule has 0 heterocycles. The van der Waals surface area contributed by atoms with Gasteiger partial charge >= 0.3 is 0 Å². The highest BCUT2D eigenvalue weighted by Crippen LogP contribution is 2.47. The zero-order valence-corrected chi connectivity index (χ0v) is 34.8. The van der Waals surface area contributed by atoms with Crippen molar-refractivity contribution in [3.05, 3.63) is 261 Å². The first-order valence-electron chi connectivity index (χ1n) is 21.7. The summed E-state index contributed by atoms with van der Waals surface area (Å²) >= 11 is 0. The zero-order chi connectivity index (χ0) is 42.0. The summed E-state index contributed by atoms with van der Waals surface area (Å²) in [5.41, 5.74) is 17.5. The molecular weight excluding hydrogens is 759 g/mol. The smallest absolute Gasteiger partial charge is 0.0540 e. The van der Waals surface area contributed by atoms with Crippen LogP contribution in [-0.4, -0.2) is 0 Å². The highest BCUT2D eigenvalue weighted by molar-refractivity contribution is 6.00. The summed E-state index contributed by atoms with van der Waals surface area (Å²) in [6, 6.07) is 94.8. The molecule has 0 radical (unpaired) electrons. The van der Waals surface area contributed by atoms with E-state index in [1.807, 2.05) is 0 Å². The largest absolute Gasteiger partial charge is 0.310 e. The summed E-state index contributed by atoms with van der Waals surface area (Å²) < 4.78 is 0. The molecule has 0 aliphatic carbocycles. The maximum atomic E-state index is 2.43. The van der Waals surface area contributed by atoms with E-state index in [0.717, 1.165) is 22.6 Å². The lowest BCUT2D eigenvalue weighted by molar-refractivity contribution is 1.28. The van der Waals surface area contributed by atoms with Crippen LogP contribution in [0.1, 0.15) is 0 Å². The second-order valence-corrected chi connectivity index (χ2v) is 16.1. The van der Waals surface area contributed by atoms with E-state index < -0.39 is 0 Å². The number of para-hydroxylation sites is 1. The molecule has 0 fully saturated rings. The monoisotopic (exact) mass is 801 g/mol. The highest BCUT2D eigenvalue weighted by Gasteiger charge is 2.21. The summed E-state index contributed by atoms with van der Waals surface area (Å²) in [5.74, 6) is 0. The average Bonchev–Trinajstić information content (AvgIpc) is 3.37. The van der Waals surface area contributed by atoms with Crippen LogP contribution >= 0.6 is 0 Å². The van der Waals surface area contributed by atoms with Crippen molar-refractivity contribution >= 4 is 38.6 Å². The SMILES string of the molecule is c1ccc(-c2ccc(-c3ccccc3)c(-c3ccccc3-c3ccccc3N(c3ccc(-c4ccc5ccccc5c4)cc3)c3cccc(-c4cccc5ccccc45)c3)c2)cc1. The van der Waals surface area contributed by atoms with Gasteiger partial charge in [0.15, 0.2) is 0 Å². The molecule has 11 aromatic carbocycles. The van der Waals surface area contributed by atoms with E-state index in [1.165, 1.54) is 82.7 Å². The standard InChI is InChI=1S/C62H43N/c1-3-17-44(18-4-1)51-37-40-57(47-20-5-2-6-21-47)61(43-51)59-29-12-11-28-58(59)60-30-13-14-32-62(60)63(53-38-35-46(36-39-53)50-34-33-45-19-7-8-23-49(45)41-50)54-26-15-25-52(42-54)56-31-16-24-48-22-9-10-27-55(48)56/h1-43H. The number of benzene rings is 11. The van der Waals surface area contributed by atoms with Crippen molar-refractivity contribution in [1.82, 2.24) is 0 Å². The first-order chi connectivity index (χ1) is 31.2. The van der Waals surface area contributed by atoms with E-state index in [0.29, 0.717) is 0 Å². The van der Waals surface area contributed by atoms with Crippen molar-refractivity contribution in [2.45, 2.75) is 0 Å². The Bertz CT molecular complexity index is 3380. The summed E-state index contributed by atoms with van der Waals surface area (Å²) in [6.45, 7) is 0. The van der Waals surface area contributed by atoms with Gasteiger partial charge in [-0.3, -0.25) is 0 Å². The predicted molar refractivity (Wildman–Crippen MR) is 269 cm³/mol. The van der Waals surface area contributed by atoms with Crippen LogP contribution in [0.4, 0.5) is 17.1 Å². The van der Waals surface area contributed by atoms with Gasteiger partial charge in [0.25, 0.3) is 0 Å². The van der Waals surface area contributed by atoms with E-state index in [-0.39, 0.29) is 0 Å². The van der Waals surface area contributed by atoms with Crippen molar-refractivity contribution in [2.24, 2.45) is 0 Å². The Hall–Kier alpha value is -8.26. The lowest BCUT2D eigenvalue weighted by Crippen LogP contribution is -2.11. The third-order valence-electron chi connectivity index (χ3n) is 12.3. The molecule has 1 heteroatoms. The molecule has 0 amide bonds. The van der Waals surface area contributed by atoms with E-state index in [9.17, 15) is 0 Å². The van der Waals surface area contributed by atoms with Crippen LogP contribution in [0.15, 0.2) is 261 Å². The molecule has 0 bridgehead atoms. The lowest BCUT2D eigenvalue weighted by Gasteiger charge is -2.29. The third kappa shape index (κ3) is 7.37. The Morgan fingerprint density at radius 2 is 0.730 bits per heavy atom. The van der Waals surface area contributed by atoms with Gasteiger partial charge < -0.3 is 4.90 Å². The van der Waals surface area contributed by atoms with Crippen molar-refractivity contribution in [1.29, 1.82) is 0 Å². The summed E-state index contributed by atoms with van der Waals surface area (Å²) in [4.78, 5) is 2.43. The fourth-order valence-corrected chi connectivity index (χ4v) is 9.18. The van der Waals surface area contributed by atoms with Crippen molar-refractivity contribution in [3.8, 4) is 66.8 Å². The molecule has 0 saturated carbocycles. The molecule has 0 aliphatic heterocycles. The molecule has 0 N–H and O–H groups in total. The maximum absolute atomic E-state index is 2.43. The molecule has 0 aliphatic rings. The molecule has 63 heavy (non-hydrogen) atoms. The normalized spacial score (nSPS) is 11.2. The molecule has 1 nitrogen and oxygen atoms in total. The van der Waals surface area contributed by atoms with Gasteiger partial charge in [-0.2, -0.15) is 0 Å². The van der Waals surface area contributed by atoms with E-state index in [1.54, 1.807) is 0 Å². The van der Waals surface area contributed by atoms with Gasteiger partial charge in [-0.1, -0.05) is 218 Å². The van der Waals surface area contributed by atoms with Gasteiger partial charge in [-0.05, 0) is 125 Å². The Balaban J connectivity index is 1.10. The average molecular weight is 802 g/mol. The van der Waals surface area contributed by atoms with Gasteiger partial charge in [0.05, 0.1) is 5.69 Å². The van der Waals surface area contributed by atoms with Crippen molar-refractivity contribution in [3.63, 3.8) is 0 Å². The Kier molecular flexibility index (Phi) is 9.97. The minimum absolute atomic E-state index is 1.08. The first kappa shape index (κ1) is 37.7. The van der Waals surface area contributed by atoms with Crippen LogP contribution < -0.4 is 4.90 Å². The van der Waals surface area contributed by atoms with Crippen LogP contribution in [-0.2, 0) is 0 Å². The van der Waals surface area contributed by atoms with Gasteiger partial charge in [0.2, 0.25) is 0 Å². The molecule has 0 saturated heterocycles. The molecule has 0 atom stereocenters. The van der Waals surface area contributed by atoms with Crippen LogP contribution in [0.3, 0.4) is 0 Å². The lowest BCUT2D eigenvalue weighted by atomic mass is 9.87. The fraction of sp³-hybridized carbons (Fsp3) is 0. The minimum atomic E-state index is 1.08. The predicted octanol–water partition coefficient (Wildman–Crippen LogP) is 17.5.